The lowest BCUT2D eigenvalue weighted by atomic mass is 10.1. The third-order valence-corrected chi connectivity index (χ3v) is 5.74. The van der Waals surface area contributed by atoms with Gasteiger partial charge in [-0.15, -0.1) is 11.3 Å². The van der Waals surface area contributed by atoms with Crippen LogP contribution < -0.4 is 0 Å². The lowest BCUT2D eigenvalue weighted by Crippen LogP contribution is -1.92. The van der Waals surface area contributed by atoms with Gasteiger partial charge in [-0.2, -0.15) is 0 Å². The molecule has 0 saturated carbocycles. The Kier molecular flexibility index (Phi) is 4.36. The number of alkyl halides is 1. The second-order valence-electron chi connectivity index (χ2n) is 3.16. The van der Waals surface area contributed by atoms with Crippen molar-refractivity contribution in [1.82, 2.24) is 0 Å². The highest BCUT2D eigenvalue weighted by atomic mass is 79.9. The first kappa shape index (κ1) is 12.9. The highest BCUT2D eigenvalue weighted by Gasteiger charge is 2.17. The molecule has 1 aromatic heterocycles. The van der Waals surface area contributed by atoms with Gasteiger partial charge in [0, 0.05) is 14.4 Å². The fourth-order valence-corrected chi connectivity index (χ4v) is 4.54. The molecule has 0 bridgehead atoms. The third kappa shape index (κ3) is 2.65. The van der Waals surface area contributed by atoms with E-state index in [1.165, 1.54) is 0 Å². The standard InChI is InChI=1S/C11H6Br2Cl2S/c12-8-2-1-6(14)5-7(8)10(13)11-9(15)3-4-16-11/h1-5,10H. The van der Waals surface area contributed by atoms with E-state index in [1.807, 2.05) is 29.6 Å². The molecule has 5 heteroatoms. The van der Waals surface area contributed by atoms with E-state index >= 15 is 0 Å². The normalized spacial score (nSPS) is 12.8. The summed E-state index contributed by atoms with van der Waals surface area (Å²) >= 11 is 20.9. The van der Waals surface area contributed by atoms with Crippen molar-refractivity contribution in [2.45, 2.75) is 4.83 Å². The SMILES string of the molecule is Clc1ccc(Br)c(C(Br)c2sccc2Cl)c1. The van der Waals surface area contributed by atoms with Crippen LogP contribution in [0.1, 0.15) is 15.3 Å². The van der Waals surface area contributed by atoms with Crippen LogP contribution in [-0.4, -0.2) is 0 Å². The summed E-state index contributed by atoms with van der Waals surface area (Å²) < 4.78 is 1.02. The average Bonchev–Trinajstić information content (AvgIpc) is 2.67. The van der Waals surface area contributed by atoms with Crippen LogP contribution in [0, 0.1) is 0 Å². The van der Waals surface area contributed by atoms with E-state index in [0.717, 1.165) is 25.0 Å². The number of thiophene rings is 1. The fraction of sp³-hybridized carbons (Fsp3) is 0.0909. The summed E-state index contributed by atoms with van der Waals surface area (Å²) in [5.74, 6) is 0. The van der Waals surface area contributed by atoms with E-state index in [1.54, 1.807) is 11.3 Å². The minimum atomic E-state index is 0.0630. The second kappa shape index (κ2) is 5.40. The molecule has 1 atom stereocenters. The first-order valence-electron chi connectivity index (χ1n) is 4.41. The van der Waals surface area contributed by atoms with Gasteiger partial charge in [-0.05, 0) is 35.2 Å². The van der Waals surface area contributed by atoms with Crippen molar-refractivity contribution in [2.75, 3.05) is 0 Å². The molecule has 0 aliphatic heterocycles. The molecule has 0 nitrogen and oxygen atoms in total. The number of benzene rings is 1. The van der Waals surface area contributed by atoms with Gasteiger partial charge in [0.2, 0.25) is 0 Å². The second-order valence-corrected chi connectivity index (χ2v) is 6.72. The Hall–Kier alpha value is 0.460. The summed E-state index contributed by atoms with van der Waals surface area (Å²) in [6.07, 6.45) is 0. The monoisotopic (exact) mass is 398 g/mol. The van der Waals surface area contributed by atoms with Crippen molar-refractivity contribution < 1.29 is 0 Å². The van der Waals surface area contributed by atoms with E-state index in [2.05, 4.69) is 31.9 Å². The summed E-state index contributed by atoms with van der Waals surface area (Å²) in [5.41, 5.74) is 1.08. The Bertz CT molecular complexity index is 510. The van der Waals surface area contributed by atoms with Crippen LogP contribution in [0.2, 0.25) is 10.0 Å². The van der Waals surface area contributed by atoms with Gasteiger partial charge in [0.15, 0.2) is 0 Å². The van der Waals surface area contributed by atoms with Crippen molar-refractivity contribution in [2.24, 2.45) is 0 Å². The molecule has 2 rings (SSSR count). The van der Waals surface area contributed by atoms with Crippen molar-refractivity contribution in [3.05, 3.63) is 54.6 Å². The van der Waals surface area contributed by atoms with Crippen LogP contribution in [0.5, 0.6) is 0 Å². The van der Waals surface area contributed by atoms with Gasteiger partial charge in [-0.3, -0.25) is 0 Å². The Morgan fingerprint density at radius 3 is 2.56 bits per heavy atom. The molecule has 0 radical (unpaired) electrons. The topological polar surface area (TPSA) is 0 Å². The molecule has 84 valence electrons. The van der Waals surface area contributed by atoms with Crippen molar-refractivity contribution in [3.63, 3.8) is 0 Å². The minimum Gasteiger partial charge on any atom is -0.146 e. The Balaban J connectivity index is 2.45. The molecule has 0 amide bonds. The van der Waals surface area contributed by atoms with Crippen LogP contribution >= 0.6 is 66.4 Å². The minimum absolute atomic E-state index is 0.0630. The van der Waals surface area contributed by atoms with E-state index in [-0.39, 0.29) is 4.83 Å². The number of hydrogen-bond acceptors (Lipinski definition) is 1. The summed E-state index contributed by atoms with van der Waals surface area (Å²) in [6, 6.07) is 7.62. The quantitative estimate of drug-likeness (QED) is 0.519. The molecule has 1 aromatic carbocycles. The van der Waals surface area contributed by atoms with Crippen LogP contribution in [0.25, 0.3) is 0 Å². The van der Waals surface area contributed by atoms with Crippen LogP contribution in [0.3, 0.4) is 0 Å². The Morgan fingerprint density at radius 2 is 1.94 bits per heavy atom. The average molecular weight is 401 g/mol. The molecular weight excluding hydrogens is 395 g/mol. The maximum absolute atomic E-state index is 6.11. The van der Waals surface area contributed by atoms with E-state index in [4.69, 9.17) is 23.2 Å². The molecule has 1 unspecified atom stereocenters. The van der Waals surface area contributed by atoms with E-state index < -0.39 is 0 Å². The molecule has 0 N–H and O–H groups in total. The first-order chi connectivity index (χ1) is 7.59. The molecular formula is C11H6Br2Cl2S. The number of hydrogen-bond donors (Lipinski definition) is 0. The van der Waals surface area contributed by atoms with Crippen molar-refractivity contribution in [3.8, 4) is 0 Å². The number of halogens is 4. The van der Waals surface area contributed by atoms with Gasteiger partial charge in [-0.1, -0.05) is 55.1 Å². The van der Waals surface area contributed by atoms with Gasteiger partial charge in [-0.25, -0.2) is 0 Å². The van der Waals surface area contributed by atoms with E-state index in [9.17, 15) is 0 Å². The molecule has 0 saturated heterocycles. The third-order valence-electron chi connectivity index (χ3n) is 2.11. The maximum atomic E-state index is 6.11. The predicted molar refractivity (Wildman–Crippen MR) is 79.3 cm³/mol. The molecule has 16 heavy (non-hydrogen) atoms. The smallest absolute Gasteiger partial charge is 0.0764 e. The zero-order valence-electron chi connectivity index (χ0n) is 7.88. The molecule has 2 aromatic rings. The summed E-state index contributed by atoms with van der Waals surface area (Å²) in [6.45, 7) is 0. The highest BCUT2D eigenvalue weighted by molar-refractivity contribution is 9.11. The zero-order chi connectivity index (χ0) is 11.7. The van der Waals surface area contributed by atoms with Crippen LogP contribution in [0.4, 0.5) is 0 Å². The van der Waals surface area contributed by atoms with E-state index in [0.29, 0.717) is 0 Å². The maximum Gasteiger partial charge on any atom is 0.0764 e. The van der Waals surface area contributed by atoms with Gasteiger partial charge >= 0.3 is 0 Å². The van der Waals surface area contributed by atoms with Crippen LogP contribution in [0.15, 0.2) is 34.1 Å². The zero-order valence-corrected chi connectivity index (χ0v) is 13.4. The Labute approximate surface area is 125 Å². The lowest BCUT2D eigenvalue weighted by molar-refractivity contribution is 1.21. The summed E-state index contributed by atoms with van der Waals surface area (Å²) in [4.78, 5) is 1.15. The molecule has 0 spiro atoms. The van der Waals surface area contributed by atoms with Crippen molar-refractivity contribution >= 4 is 66.4 Å². The molecule has 0 aliphatic carbocycles. The Morgan fingerprint density at radius 1 is 1.19 bits per heavy atom. The molecule has 1 heterocycles. The van der Waals surface area contributed by atoms with Crippen molar-refractivity contribution in [1.29, 1.82) is 0 Å². The van der Waals surface area contributed by atoms with Gasteiger partial charge in [0.25, 0.3) is 0 Å². The fourth-order valence-electron chi connectivity index (χ4n) is 1.34. The summed E-state index contributed by atoms with van der Waals surface area (Å²) in [5, 5.41) is 3.47. The largest absolute Gasteiger partial charge is 0.146 e. The lowest BCUT2D eigenvalue weighted by Gasteiger charge is -2.11. The van der Waals surface area contributed by atoms with Crippen LogP contribution in [-0.2, 0) is 0 Å². The predicted octanol–water partition coefficient (Wildman–Crippen LogP) is 6.30. The van der Waals surface area contributed by atoms with Gasteiger partial charge in [0.1, 0.15) is 0 Å². The first-order valence-corrected chi connectivity index (χ1v) is 7.76. The highest BCUT2D eigenvalue weighted by Crippen LogP contribution is 2.42. The van der Waals surface area contributed by atoms with Gasteiger partial charge in [0.05, 0.1) is 9.85 Å². The van der Waals surface area contributed by atoms with Gasteiger partial charge < -0.3 is 0 Å². The summed E-state index contributed by atoms with van der Waals surface area (Å²) in [7, 11) is 0. The molecule has 0 fully saturated rings. The number of rotatable bonds is 2. The molecule has 0 aliphatic rings.